The Morgan fingerprint density at radius 2 is 2.20 bits per heavy atom. The fraction of sp³-hybridized carbons (Fsp3) is 0.385. The van der Waals surface area contributed by atoms with Crippen LogP contribution < -0.4 is 10.6 Å². The second-order valence-electron chi connectivity index (χ2n) is 4.21. The zero-order valence-electron chi connectivity index (χ0n) is 11.4. The van der Waals surface area contributed by atoms with Crippen LogP contribution in [0.2, 0.25) is 0 Å². The summed E-state index contributed by atoms with van der Waals surface area (Å²) < 4.78 is 11.5. The number of aromatic nitrogens is 2. The van der Waals surface area contributed by atoms with Crippen LogP contribution in [0.1, 0.15) is 11.5 Å². The Bertz CT molecular complexity index is 559. The van der Waals surface area contributed by atoms with E-state index in [0.717, 1.165) is 22.3 Å². The third kappa shape index (κ3) is 4.03. The number of hydrogen-bond acceptors (Lipinski definition) is 6. The number of benzene rings is 1. The Labute approximate surface area is 126 Å². The second-order valence-corrected chi connectivity index (χ2v) is 5.06. The Balaban J connectivity index is 1.94. The third-order valence-corrected chi connectivity index (χ3v) is 3.59. The zero-order chi connectivity index (χ0) is 14.4. The van der Waals surface area contributed by atoms with Crippen molar-refractivity contribution in [3.05, 3.63) is 34.1 Å². The highest BCUT2D eigenvalue weighted by atomic mass is 79.9. The van der Waals surface area contributed by atoms with Crippen molar-refractivity contribution in [3.8, 4) is 0 Å². The number of hydrogen-bond donors (Lipinski definition) is 2. The van der Waals surface area contributed by atoms with Crippen LogP contribution in [0, 0.1) is 6.92 Å². The van der Waals surface area contributed by atoms with Crippen molar-refractivity contribution in [1.82, 2.24) is 15.5 Å². The maximum Gasteiger partial charge on any atom is 0.320 e. The first-order chi connectivity index (χ1) is 9.70. The number of anilines is 2. The van der Waals surface area contributed by atoms with Gasteiger partial charge in [-0.2, -0.15) is 0 Å². The molecule has 20 heavy (non-hydrogen) atoms. The summed E-state index contributed by atoms with van der Waals surface area (Å²) in [6.45, 7) is 3.92. The molecule has 0 unspecified atom stereocenters. The normalized spacial score (nSPS) is 10.8. The van der Waals surface area contributed by atoms with Crippen molar-refractivity contribution in [2.75, 3.05) is 25.6 Å². The summed E-state index contributed by atoms with van der Waals surface area (Å²) >= 11 is 3.49. The fourth-order valence-electron chi connectivity index (χ4n) is 1.60. The Kier molecular flexibility index (Phi) is 5.51. The molecule has 0 aliphatic rings. The molecule has 0 aliphatic heterocycles. The Morgan fingerprint density at radius 1 is 1.35 bits per heavy atom. The molecule has 0 saturated carbocycles. The van der Waals surface area contributed by atoms with Gasteiger partial charge in [0.05, 0.1) is 13.2 Å². The van der Waals surface area contributed by atoms with Gasteiger partial charge >= 0.3 is 6.01 Å². The van der Waals surface area contributed by atoms with Crippen LogP contribution in [-0.4, -0.2) is 30.5 Å². The molecule has 2 rings (SSSR count). The molecule has 0 fully saturated rings. The molecule has 0 spiro atoms. The maximum atomic E-state index is 5.51. The first kappa shape index (κ1) is 15.0. The van der Waals surface area contributed by atoms with Gasteiger partial charge in [-0.05, 0) is 24.6 Å². The largest absolute Gasteiger partial charge is 0.406 e. The lowest BCUT2D eigenvalue weighted by molar-refractivity contribution is 0.198. The molecule has 7 heteroatoms. The molecule has 108 valence electrons. The molecule has 0 bridgehead atoms. The quantitative estimate of drug-likeness (QED) is 0.755. The van der Waals surface area contributed by atoms with Crippen molar-refractivity contribution in [3.63, 3.8) is 0 Å². The predicted octanol–water partition coefficient (Wildman–Crippen LogP) is 2.62. The van der Waals surface area contributed by atoms with E-state index in [1.54, 1.807) is 7.11 Å². The van der Waals surface area contributed by atoms with E-state index in [1.165, 1.54) is 0 Å². The minimum absolute atomic E-state index is 0.384. The van der Waals surface area contributed by atoms with Crippen molar-refractivity contribution >= 4 is 27.6 Å². The maximum absolute atomic E-state index is 5.51. The van der Waals surface area contributed by atoms with Crippen LogP contribution in [0.3, 0.4) is 0 Å². The van der Waals surface area contributed by atoms with Crippen molar-refractivity contribution in [2.45, 2.75) is 13.5 Å². The lowest BCUT2D eigenvalue weighted by Crippen LogP contribution is -2.18. The SMILES string of the molecule is COCCNCc1nnc(Nc2cccc(Br)c2C)o1. The van der Waals surface area contributed by atoms with Gasteiger partial charge in [-0.3, -0.25) is 0 Å². The molecule has 2 N–H and O–H groups in total. The van der Waals surface area contributed by atoms with Gasteiger partial charge in [-0.1, -0.05) is 27.1 Å². The van der Waals surface area contributed by atoms with Crippen LogP contribution in [0.15, 0.2) is 27.1 Å². The molecular formula is C13H17BrN4O2. The second kappa shape index (κ2) is 7.37. The van der Waals surface area contributed by atoms with Crippen LogP contribution in [0.4, 0.5) is 11.7 Å². The van der Waals surface area contributed by atoms with E-state index in [9.17, 15) is 0 Å². The molecule has 6 nitrogen and oxygen atoms in total. The van der Waals surface area contributed by atoms with Gasteiger partial charge in [0, 0.05) is 23.8 Å². The van der Waals surface area contributed by atoms with E-state index in [1.807, 2.05) is 25.1 Å². The number of methoxy groups -OCH3 is 1. The molecule has 0 aliphatic carbocycles. The summed E-state index contributed by atoms with van der Waals surface area (Å²) in [5, 5.41) is 14.2. The van der Waals surface area contributed by atoms with Crippen molar-refractivity contribution < 1.29 is 9.15 Å². The summed E-state index contributed by atoms with van der Waals surface area (Å²) in [6.07, 6.45) is 0. The average Bonchev–Trinajstić information content (AvgIpc) is 2.88. The van der Waals surface area contributed by atoms with Crippen molar-refractivity contribution in [2.24, 2.45) is 0 Å². The summed E-state index contributed by atoms with van der Waals surface area (Å²) in [4.78, 5) is 0. The van der Waals surface area contributed by atoms with Crippen molar-refractivity contribution in [1.29, 1.82) is 0 Å². The van der Waals surface area contributed by atoms with Crippen LogP contribution >= 0.6 is 15.9 Å². The number of rotatable bonds is 7. The number of nitrogens with one attached hydrogen (secondary N) is 2. The van der Waals surface area contributed by atoms with E-state index in [0.29, 0.717) is 25.1 Å². The number of nitrogens with zero attached hydrogens (tertiary/aromatic N) is 2. The number of ether oxygens (including phenoxy) is 1. The number of halogens is 1. The van der Waals surface area contributed by atoms with Gasteiger partial charge in [0.25, 0.3) is 0 Å². The highest BCUT2D eigenvalue weighted by Crippen LogP contribution is 2.25. The highest BCUT2D eigenvalue weighted by Gasteiger charge is 2.08. The van der Waals surface area contributed by atoms with Crippen LogP contribution in [0.5, 0.6) is 0 Å². The van der Waals surface area contributed by atoms with Gasteiger partial charge in [0.2, 0.25) is 5.89 Å². The predicted molar refractivity (Wildman–Crippen MR) is 80.0 cm³/mol. The van der Waals surface area contributed by atoms with Gasteiger partial charge in [0.15, 0.2) is 0 Å². The summed E-state index contributed by atoms with van der Waals surface area (Å²) in [5.74, 6) is 0.538. The van der Waals surface area contributed by atoms with Crippen LogP contribution in [0.25, 0.3) is 0 Å². The van der Waals surface area contributed by atoms with E-state index < -0.39 is 0 Å². The van der Waals surface area contributed by atoms with E-state index in [-0.39, 0.29) is 0 Å². The van der Waals surface area contributed by atoms with E-state index in [4.69, 9.17) is 9.15 Å². The fourth-order valence-corrected chi connectivity index (χ4v) is 1.97. The smallest absolute Gasteiger partial charge is 0.320 e. The van der Waals surface area contributed by atoms with Crippen LogP contribution in [-0.2, 0) is 11.3 Å². The Morgan fingerprint density at radius 3 is 3.00 bits per heavy atom. The molecule has 2 aromatic rings. The average molecular weight is 341 g/mol. The Hall–Kier alpha value is -1.44. The lowest BCUT2D eigenvalue weighted by atomic mass is 10.2. The summed E-state index contributed by atoms with van der Waals surface area (Å²) in [7, 11) is 1.66. The summed E-state index contributed by atoms with van der Waals surface area (Å²) in [5.41, 5.74) is 2.02. The zero-order valence-corrected chi connectivity index (χ0v) is 13.0. The standard InChI is InChI=1S/C13H17BrN4O2/c1-9-10(14)4-3-5-11(9)16-13-18-17-12(20-13)8-15-6-7-19-2/h3-5,15H,6-8H2,1-2H3,(H,16,18). The minimum Gasteiger partial charge on any atom is -0.406 e. The molecule has 1 heterocycles. The molecule has 0 radical (unpaired) electrons. The monoisotopic (exact) mass is 340 g/mol. The third-order valence-electron chi connectivity index (χ3n) is 2.74. The minimum atomic E-state index is 0.384. The topological polar surface area (TPSA) is 72.2 Å². The molecule has 1 aromatic heterocycles. The lowest BCUT2D eigenvalue weighted by Gasteiger charge is -2.06. The van der Waals surface area contributed by atoms with E-state index >= 15 is 0 Å². The van der Waals surface area contributed by atoms with Gasteiger partial charge in [0.1, 0.15) is 0 Å². The van der Waals surface area contributed by atoms with Gasteiger partial charge < -0.3 is 19.8 Å². The molecule has 1 aromatic carbocycles. The van der Waals surface area contributed by atoms with E-state index in [2.05, 4.69) is 36.8 Å². The van der Waals surface area contributed by atoms with Gasteiger partial charge in [-0.25, -0.2) is 0 Å². The summed E-state index contributed by atoms with van der Waals surface area (Å²) in [6, 6.07) is 6.28. The highest BCUT2D eigenvalue weighted by molar-refractivity contribution is 9.10. The van der Waals surface area contributed by atoms with Gasteiger partial charge in [-0.15, -0.1) is 5.10 Å². The molecule has 0 atom stereocenters. The molecular weight excluding hydrogens is 324 g/mol. The molecule has 0 saturated heterocycles. The molecule has 0 amide bonds. The first-order valence-electron chi connectivity index (χ1n) is 6.25. The first-order valence-corrected chi connectivity index (χ1v) is 7.04.